The van der Waals surface area contributed by atoms with E-state index in [1.54, 1.807) is 0 Å². The van der Waals surface area contributed by atoms with Crippen LogP contribution in [-0.4, -0.2) is 0 Å². The molecule has 4 aromatic carbocycles. The number of nitrogens with one attached hydrogen (secondary N) is 1. The van der Waals surface area contributed by atoms with E-state index in [4.69, 9.17) is 11.6 Å². The van der Waals surface area contributed by atoms with E-state index in [0.29, 0.717) is 0 Å². The highest BCUT2D eigenvalue weighted by Crippen LogP contribution is 2.50. The molecule has 120 valence electrons. The van der Waals surface area contributed by atoms with Gasteiger partial charge in [-0.25, -0.2) is 0 Å². The van der Waals surface area contributed by atoms with Crippen LogP contribution in [0.2, 0.25) is 5.02 Å². The molecule has 25 heavy (non-hydrogen) atoms. The Morgan fingerprint density at radius 1 is 0.680 bits per heavy atom. The van der Waals surface area contributed by atoms with Crippen LogP contribution in [0, 0.1) is 0 Å². The first-order chi connectivity index (χ1) is 12.3. The van der Waals surface area contributed by atoms with Gasteiger partial charge in [0, 0.05) is 15.2 Å². The Morgan fingerprint density at radius 2 is 1.40 bits per heavy atom. The lowest BCUT2D eigenvalue weighted by Crippen LogP contribution is -1.98. The molecule has 0 fully saturated rings. The molecule has 1 nitrogen and oxygen atoms in total. The Hall–Kier alpha value is -2.42. The quantitative estimate of drug-likeness (QED) is 0.353. The molecule has 0 saturated carbocycles. The second-order valence-corrected chi connectivity index (χ2v) is 7.51. The number of halogens is 1. The van der Waals surface area contributed by atoms with Crippen LogP contribution in [0.5, 0.6) is 0 Å². The summed E-state index contributed by atoms with van der Waals surface area (Å²) in [6.45, 7) is 0. The maximum atomic E-state index is 6.33. The van der Waals surface area contributed by atoms with Crippen LogP contribution in [0.15, 0.2) is 88.7 Å². The van der Waals surface area contributed by atoms with Crippen molar-refractivity contribution in [2.24, 2.45) is 0 Å². The molecule has 4 aromatic rings. The van der Waals surface area contributed by atoms with Gasteiger partial charge in [-0.15, -0.1) is 0 Å². The molecule has 0 atom stereocenters. The molecule has 0 unspecified atom stereocenters. The molecular weight excluding hydrogens is 346 g/mol. The topological polar surface area (TPSA) is 12.0 Å². The van der Waals surface area contributed by atoms with E-state index < -0.39 is 0 Å². The minimum atomic E-state index is 0.725. The summed E-state index contributed by atoms with van der Waals surface area (Å²) in [6.07, 6.45) is 0. The first-order valence-corrected chi connectivity index (χ1v) is 9.35. The van der Waals surface area contributed by atoms with Crippen molar-refractivity contribution in [2.45, 2.75) is 9.79 Å². The highest BCUT2D eigenvalue weighted by Gasteiger charge is 2.21. The second kappa shape index (κ2) is 5.83. The summed E-state index contributed by atoms with van der Waals surface area (Å²) in [6, 6.07) is 27.3. The smallest absolute Gasteiger partial charge is 0.0640 e. The van der Waals surface area contributed by atoms with Gasteiger partial charge in [0.1, 0.15) is 0 Å². The summed E-state index contributed by atoms with van der Waals surface area (Å²) >= 11 is 8.16. The summed E-state index contributed by atoms with van der Waals surface area (Å²) in [4.78, 5) is 2.54. The monoisotopic (exact) mass is 359 g/mol. The Balaban J connectivity index is 1.71. The largest absolute Gasteiger partial charge is 0.353 e. The third-order valence-electron chi connectivity index (χ3n) is 4.53. The van der Waals surface area contributed by atoms with Gasteiger partial charge in [0.2, 0.25) is 0 Å². The van der Waals surface area contributed by atoms with Crippen LogP contribution in [0.3, 0.4) is 0 Å². The van der Waals surface area contributed by atoms with Gasteiger partial charge < -0.3 is 5.32 Å². The highest BCUT2D eigenvalue weighted by atomic mass is 35.5. The minimum Gasteiger partial charge on any atom is -0.353 e. The Bertz CT molecular complexity index is 1110. The Labute approximate surface area is 155 Å². The molecule has 0 aromatic heterocycles. The SMILES string of the molecule is Clc1ccccc1Nc1cccc2c1Sc1cccc3cccc-2c13. The maximum Gasteiger partial charge on any atom is 0.0640 e. The van der Waals surface area contributed by atoms with Crippen LogP contribution < -0.4 is 5.32 Å². The first kappa shape index (κ1) is 14.9. The van der Waals surface area contributed by atoms with Gasteiger partial charge in [-0.3, -0.25) is 0 Å². The van der Waals surface area contributed by atoms with Gasteiger partial charge in [0.05, 0.1) is 16.4 Å². The number of benzene rings is 4. The fraction of sp³-hybridized carbons (Fsp3) is 0. The molecule has 0 aliphatic carbocycles. The molecule has 5 rings (SSSR count). The molecule has 3 heteroatoms. The lowest BCUT2D eigenvalue weighted by atomic mass is 9.97. The second-order valence-electron chi connectivity index (χ2n) is 6.05. The number of hydrogen-bond acceptors (Lipinski definition) is 2. The summed E-state index contributed by atoms with van der Waals surface area (Å²) < 4.78 is 0. The Morgan fingerprint density at radius 3 is 2.28 bits per heavy atom. The van der Waals surface area contributed by atoms with Crippen LogP contribution in [-0.2, 0) is 0 Å². The molecule has 1 heterocycles. The zero-order valence-electron chi connectivity index (χ0n) is 13.3. The molecule has 0 amide bonds. The molecule has 0 spiro atoms. The number of anilines is 2. The van der Waals surface area contributed by atoms with Gasteiger partial charge >= 0.3 is 0 Å². The van der Waals surface area contributed by atoms with Gasteiger partial charge in [0.15, 0.2) is 0 Å². The fourth-order valence-corrected chi connectivity index (χ4v) is 4.79. The average molecular weight is 360 g/mol. The zero-order chi connectivity index (χ0) is 16.8. The average Bonchev–Trinajstić information content (AvgIpc) is 2.65. The molecule has 0 radical (unpaired) electrons. The van der Waals surface area contributed by atoms with Gasteiger partial charge in [-0.2, -0.15) is 0 Å². The van der Waals surface area contributed by atoms with Crippen molar-refractivity contribution in [3.05, 3.63) is 83.9 Å². The Kier molecular flexibility index (Phi) is 3.47. The van der Waals surface area contributed by atoms with Crippen molar-refractivity contribution >= 4 is 45.5 Å². The van der Waals surface area contributed by atoms with E-state index in [2.05, 4.69) is 59.9 Å². The van der Waals surface area contributed by atoms with E-state index in [1.165, 1.54) is 31.7 Å². The maximum absolute atomic E-state index is 6.33. The van der Waals surface area contributed by atoms with Crippen molar-refractivity contribution in [2.75, 3.05) is 5.32 Å². The van der Waals surface area contributed by atoms with E-state index in [0.717, 1.165) is 16.4 Å². The fourth-order valence-electron chi connectivity index (χ4n) is 3.39. The summed E-state index contributed by atoms with van der Waals surface area (Å²) in [5.41, 5.74) is 4.58. The van der Waals surface area contributed by atoms with E-state index in [-0.39, 0.29) is 0 Å². The van der Waals surface area contributed by atoms with Gasteiger partial charge in [-0.1, -0.05) is 78.0 Å². The highest BCUT2D eigenvalue weighted by molar-refractivity contribution is 8.00. The van der Waals surface area contributed by atoms with Crippen LogP contribution in [0.25, 0.3) is 21.9 Å². The molecule has 1 aliphatic heterocycles. The lowest BCUT2D eigenvalue weighted by molar-refractivity contribution is 1.37. The first-order valence-electron chi connectivity index (χ1n) is 8.16. The normalized spacial score (nSPS) is 12.0. The molecule has 1 aliphatic rings. The zero-order valence-corrected chi connectivity index (χ0v) is 14.9. The molecular formula is C22H14ClNS. The molecule has 1 N–H and O–H groups in total. The number of hydrogen-bond donors (Lipinski definition) is 1. The van der Waals surface area contributed by atoms with Crippen molar-refractivity contribution < 1.29 is 0 Å². The van der Waals surface area contributed by atoms with Gasteiger partial charge in [0.25, 0.3) is 0 Å². The van der Waals surface area contributed by atoms with E-state index >= 15 is 0 Å². The summed E-state index contributed by atoms with van der Waals surface area (Å²) in [5.74, 6) is 0. The summed E-state index contributed by atoms with van der Waals surface area (Å²) in [7, 11) is 0. The van der Waals surface area contributed by atoms with Crippen LogP contribution in [0.4, 0.5) is 11.4 Å². The predicted molar refractivity (Wildman–Crippen MR) is 108 cm³/mol. The van der Waals surface area contributed by atoms with Crippen molar-refractivity contribution in [3.63, 3.8) is 0 Å². The number of rotatable bonds is 2. The number of fused-ring (bicyclic) bond motifs is 2. The third kappa shape index (κ3) is 2.41. The van der Waals surface area contributed by atoms with Crippen molar-refractivity contribution in [1.29, 1.82) is 0 Å². The van der Waals surface area contributed by atoms with Gasteiger partial charge in [-0.05, 0) is 40.8 Å². The third-order valence-corrected chi connectivity index (χ3v) is 6.06. The van der Waals surface area contributed by atoms with E-state index in [9.17, 15) is 0 Å². The molecule has 0 saturated heterocycles. The standard InChI is InChI=1S/C22H14ClNS/c23-17-10-1-2-11-18(17)24-19-12-5-9-16-15-8-3-6-14-7-4-13-20(21(14)15)25-22(16)19/h1-13,24H. The van der Waals surface area contributed by atoms with Crippen molar-refractivity contribution in [1.82, 2.24) is 0 Å². The predicted octanol–water partition coefficient (Wildman–Crippen LogP) is 7.37. The van der Waals surface area contributed by atoms with E-state index in [1.807, 2.05) is 36.0 Å². The molecule has 0 bridgehead atoms. The lowest BCUT2D eigenvalue weighted by Gasteiger charge is -2.23. The van der Waals surface area contributed by atoms with Crippen molar-refractivity contribution in [3.8, 4) is 11.1 Å². The minimum absolute atomic E-state index is 0.725. The number of para-hydroxylation sites is 1. The van der Waals surface area contributed by atoms with Crippen LogP contribution >= 0.6 is 23.4 Å². The summed E-state index contributed by atoms with van der Waals surface area (Å²) in [5, 5.41) is 6.87. The van der Waals surface area contributed by atoms with Crippen LogP contribution in [0.1, 0.15) is 0 Å².